The molecular weight excluding hydrogens is 446 g/mol. The zero-order chi connectivity index (χ0) is 22.1. The lowest BCUT2D eigenvalue weighted by Gasteiger charge is -2.33. The Kier molecular flexibility index (Phi) is 5.69. The van der Waals surface area contributed by atoms with Gasteiger partial charge in [-0.1, -0.05) is 11.6 Å². The lowest BCUT2D eigenvalue weighted by atomic mass is 10.2. The van der Waals surface area contributed by atoms with Crippen molar-refractivity contribution in [2.24, 2.45) is 0 Å². The third-order valence-corrected chi connectivity index (χ3v) is 6.53. The fraction of sp³-hybridized carbons (Fsp3) is 0.227. The van der Waals surface area contributed by atoms with Crippen molar-refractivity contribution in [1.29, 1.82) is 0 Å². The third-order valence-electron chi connectivity index (χ3n) is 5.37. The van der Waals surface area contributed by atoms with E-state index in [4.69, 9.17) is 11.6 Å². The number of aromatic nitrogens is 4. The average molecular weight is 466 g/mol. The molecule has 5 heterocycles. The molecule has 1 N–H and O–H groups in total. The minimum Gasteiger partial charge on any atom is -0.354 e. The Balaban J connectivity index is 1.36. The van der Waals surface area contributed by atoms with Crippen LogP contribution in [-0.2, 0) is 0 Å². The van der Waals surface area contributed by atoms with Crippen LogP contribution in [0, 0.1) is 0 Å². The van der Waals surface area contributed by atoms with Crippen molar-refractivity contribution in [3.63, 3.8) is 0 Å². The maximum Gasteiger partial charge on any atom is 0.257 e. The summed E-state index contributed by atoms with van der Waals surface area (Å²) in [5, 5.41) is 4.53. The van der Waals surface area contributed by atoms with Gasteiger partial charge in [-0.15, -0.1) is 11.3 Å². The molecule has 32 heavy (non-hydrogen) atoms. The summed E-state index contributed by atoms with van der Waals surface area (Å²) in [6, 6.07) is 7.31. The number of pyridine rings is 3. The van der Waals surface area contributed by atoms with Gasteiger partial charge in [0.2, 0.25) is 0 Å². The van der Waals surface area contributed by atoms with E-state index in [2.05, 4.69) is 42.1 Å². The molecule has 0 aliphatic carbocycles. The number of fused-ring (bicyclic) bond motifs is 1. The van der Waals surface area contributed by atoms with Crippen LogP contribution >= 0.6 is 22.9 Å². The van der Waals surface area contributed by atoms with Crippen LogP contribution in [0.25, 0.3) is 21.5 Å². The molecule has 1 aliphatic heterocycles. The van der Waals surface area contributed by atoms with Crippen LogP contribution in [0.15, 0.2) is 49.1 Å². The molecule has 0 saturated carbocycles. The lowest BCUT2D eigenvalue weighted by Crippen LogP contribution is -2.44. The minimum absolute atomic E-state index is 0.231. The van der Waals surface area contributed by atoms with E-state index < -0.39 is 0 Å². The molecule has 0 atom stereocenters. The number of carbonyl (C=O) groups is 1. The Morgan fingerprint density at radius 2 is 1.88 bits per heavy atom. The maximum absolute atomic E-state index is 12.9. The van der Waals surface area contributed by atoms with Gasteiger partial charge in [0.05, 0.1) is 17.9 Å². The predicted octanol–water partition coefficient (Wildman–Crippen LogP) is 3.81. The Bertz CT molecular complexity index is 1290. The highest BCUT2D eigenvalue weighted by Crippen LogP contribution is 2.29. The van der Waals surface area contributed by atoms with Gasteiger partial charge in [0.1, 0.15) is 21.0 Å². The van der Waals surface area contributed by atoms with Gasteiger partial charge < -0.3 is 15.1 Å². The zero-order valence-corrected chi connectivity index (χ0v) is 18.9. The molecular formula is C22H20ClN7OS. The second kappa shape index (κ2) is 8.78. The molecule has 1 saturated heterocycles. The van der Waals surface area contributed by atoms with Crippen molar-refractivity contribution in [2.45, 2.75) is 0 Å². The summed E-state index contributed by atoms with van der Waals surface area (Å²) in [6.07, 6.45) is 6.68. The monoisotopic (exact) mass is 465 g/mol. The molecule has 0 unspecified atom stereocenters. The van der Waals surface area contributed by atoms with Crippen LogP contribution in [-0.4, -0.2) is 64.0 Å². The fourth-order valence-electron chi connectivity index (χ4n) is 3.56. The van der Waals surface area contributed by atoms with Gasteiger partial charge in [-0.2, -0.15) is 0 Å². The van der Waals surface area contributed by atoms with Crippen LogP contribution in [0.4, 0.5) is 11.6 Å². The van der Waals surface area contributed by atoms with E-state index in [1.54, 1.807) is 30.9 Å². The number of nitrogens with zero attached hydrogens (tertiary/aromatic N) is 6. The Hall–Kier alpha value is -3.14. The number of thiazole rings is 1. The molecule has 1 fully saturated rings. The smallest absolute Gasteiger partial charge is 0.257 e. The highest BCUT2D eigenvalue weighted by Gasteiger charge is 2.17. The highest BCUT2D eigenvalue weighted by molar-refractivity contribution is 7.18. The first-order valence-electron chi connectivity index (χ1n) is 10.1. The first-order chi connectivity index (χ1) is 15.5. The number of likely N-dealkylation sites (N-methyl/N-ethyl adjacent to an activating group) is 1. The number of rotatable bonds is 4. The van der Waals surface area contributed by atoms with Gasteiger partial charge in [0.25, 0.3) is 5.91 Å². The highest BCUT2D eigenvalue weighted by atomic mass is 35.5. The second-order valence-corrected chi connectivity index (χ2v) is 9.26. The van der Waals surface area contributed by atoms with E-state index in [-0.39, 0.29) is 5.91 Å². The summed E-state index contributed by atoms with van der Waals surface area (Å²) in [5.41, 5.74) is 2.14. The van der Waals surface area contributed by atoms with Gasteiger partial charge in [0, 0.05) is 55.1 Å². The molecule has 4 aromatic rings. The topological polar surface area (TPSA) is 87.1 Å². The van der Waals surface area contributed by atoms with Crippen LogP contribution in [0.1, 0.15) is 10.4 Å². The molecule has 5 rings (SSSR count). The first kappa shape index (κ1) is 20.7. The molecule has 8 nitrogen and oxygen atoms in total. The summed E-state index contributed by atoms with van der Waals surface area (Å²) in [7, 11) is 2.11. The van der Waals surface area contributed by atoms with Crippen molar-refractivity contribution in [3.05, 3.63) is 59.0 Å². The minimum atomic E-state index is -0.231. The van der Waals surface area contributed by atoms with Crippen molar-refractivity contribution >= 4 is 51.4 Å². The van der Waals surface area contributed by atoms with Gasteiger partial charge in [0.15, 0.2) is 0 Å². The number of halogens is 1. The summed E-state index contributed by atoms with van der Waals surface area (Å²) in [6.45, 7) is 3.73. The molecule has 1 aliphatic rings. The van der Waals surface area contributed by atoms with E-state index in [9.17, 15) is 4.79 Å². The molecule has 162 valence electrons. The quantitative estimate of drug-likeness (QED) is 0.490. The molecule has 10 heteroatoms. The summed E-state index contributed by atoms with van der Waals surface area (Å²) < 4.78 is 0.621. The van der Waals surface area contributed by atoms with Gasteiger partial charge in [-0.3, -0.25) is 9.78 Å². The van der Waals surface area contributed by atoms with Crippen molar-refractivity contribution < 1.29 is 4.79 Å². The average Bonchev–Trinajstić information content (AvgIpc) is 3.25. The number of nitrogens with one attached hydrogen (secondary N) is 1. The molecule has 1 amide bonds. The summed E-state index contributed by atoms with van der Waals surface area (Å²) >= 11 is 7.40. The molecule has 0 radical (unpaired) electrons. The number of hydrogen-bond donors (Lipinski definition) is 1. The largest absolute Gasteiger partial charge is 0.354 e. The van der Waals surface area contributed by atoms with Gasteiger partial charge >= 0.3 is 0 Å². The third kappa shape index (κ3) is 4.40. The standard InChI is InChI=1S/C22H20ClN7OS/c1-29-4-6-30(7-5-29)20-10-14(2-3-24-20)21(31)28-19-9-15-8-16(11-25-17(15)12-26-19)22-27-13-18(23)32-22/h2-3,8-13H,4-7H2,1H3,(H,26,28,31). The summed E-state index contributed by atoms with van der Waals surface area (Å²) in [5.74, 6) is 1.04. The SMILES string of the molecule is CN1CCN(c2cc(C(=O)Nc3cc4cc(-c5ncc(Cl)s5)cnc4cn3)ccn2)CC1. The van der Waals surface area contributed by atoms with Crippen molar-refractivity contribution in [2.75, 3.05) is 43.4 Å². The van der Waals surface area contributed by atoms with E-state index in [0.717, 1.165) is 53.5 Å². The lowest BCUT2D eigenvalue weighted by molar-refractivity contribution is 0.102. The number of anilines is 2. The Morgan fingerprint density at radius 3 is 2.66 bits per heavy atom. The van der Waals surface area contributed by atoms with Crippen molar-refractivity contribution in [1.82, 2.24) is 24.8 Å². The zero-order valence-electron chi connectivity index (χ0n) is 17.3. The second-order valence-electron chi connectivity index (χ2n) is 7.60. The Morgan fingerprint density at radius 1 is 1.03 bits per heavy atom. The Labute approximate surface area is 193 Å². The molecule has 0 bridgehead atoms. The van der Waals surface area contributed by atoms with Crippen LogP contribution in [0.3, 0.4) is 0 Å². The maximum atomic E-state index is 12.9. The number of carbonyl (C=O) groups excluding carboxylic acids is 1. The number of hydrogen-bond acceptors (Lipinski definition) is 8. The van der Waals surface area contributed by atoms with Crippen LogP contribution < -0.4 is 10.2 Å². The predicted molar refractivity (Wildman–Crippen MR) is 128 cm³/mol. The molecule has 0 spiro atoms. The number of piperazine rings is 1. The summed E-state index contributed by atoms with van der Waals surface area (Å²) in [4.78, 5) is 34.9. The van der Waals surface area contributed by atoms with E-state index >= 15 is 0 Å². The van der Waals surface area contributed by atoms with E-state index in [1.807, 2.05) is 18.2 Å². The van der Waals surface area contributed by atoms with Crippen molar-refractivity contribution in [3.8, 4) is 10.6 Å². The van der Waals surface area contributed by atoms with Gasteiger partial charge in [-0.05, 0) is 31.3 Å². The number of amides is 1. The van der Waals surface area contributed by atoms with E-state index in [1.165, 1.54) is 11.3 Å². The van der Waals surface area contributed by atoms with E-state index in [0.29, 0.717) is 15.7 Å². The fourth-order valence-corrected chi connectivity index (χ4v) is 4.45. The normalized spacial score (nSPS) is 14.6. The van der Waals surface area contributed by atoms with Crippen LogP contribution in [0.5, 0.6) is 0 Å². The first-order valence-corrected chi connectivity index (χ1v) is 11.3. The van der Waals surface area contributed by atoms with Gasteiger partial charge in [-0.25, -0.2) is 15.0 Å². The molecule has 0 aromatic carbocycles. The van der Waals surface area contributed by atoms with Crippen LogP contribution in [0.2, 0.25) is 4.34 Å². The molecule has 4 aromatic heterocycles.